The number of likely N-dealkylation sites (tertiary alicyclic amines) is 1. The second-order valence-corrected chi connectivity index (χ2v) is 12.7. The quantitative estimate of drug-likeness (QED) is 0.287. The second kappa shape index (κ2) is 11.8. The third-order valence-corrected chi connectivity index (χ3v) is 6.67. The first-order valence-corrected chi connectivity index (χ1v) is 14.3. The number of amides is 3. The van der Waals surface area contributed by atoms with E-state index in [4.69, 9.17) is 19.0 Å². The maximum absolute atomic E-state index is 13.1. The van der Waals surface area contributed by atoms with Gasteiger partial charge in [-0.15, -0.1) is 5.06 Å². The number of fused-ring (bicyclic) bond motifs is 2. The van der Waals surface area contributed by atoms with Crippen LogP contribution in [0.15, 0.2) is 54.7 Å². The number of nitrogens with zero attached hydrogens (tertiary/aromatic N) is 3. The van der Waals surface area contributed by atoms with Gasteiger partial charge in [-0.3, -0.25) is 9.59 Å². The lowest BCUT2D eigenvalue weighted by atomic mass is 10.1. The SMILES string of the molecule is CC(C)(C)OC(=O)[C@H](COc1ccc2c(NC3CN(C(=O)OC(C)(C)C)C3)nccc2c1)ON1C(=O)c2ccccc2C1=O. The van der Waals surface area contributed by atoms with Crippen molar-refractivity contribution in [2.45, 2.75) is 64.9 Å². The summed E-state index contributed by atoms with van der Waals surface area (Å²) in [6, 6.07) is 13.5. The van der Waals surface area contributed by atoms with Crippen LogP contribution in [0, 0.1) is 0 Å². The molecule has 12 heteroatoms. The second-order valence-electron chi connectivity index (χ2n) is 12.7. The van der Waals surface area contributed by atoms with Crippen LogP contribution in [0.5, 0.6) is 5.75 Å². The number of rotatable bonds is 8. The highest BCUT2D eigenvalue weighted by Gasteiger charge is 2.41. The Bertz CT molecular complexity index is 1570. The molecule has 0 unspecified atom stereocenters. The minimum Gasteiger partial charge on any atom is -0.490 e. The number of carbonyl (C=O) groups excluding carboxylic acids is 4. The van der Waals surface area contributed by atoms with E-state index in [2.05, 4.69) is 10.3 Å². The molecule has 3 amide bonds. The summed E-state index contributed by atoms with van der Waals surface area (Å²) in [7, 11) is 0. The van der Waals surface area contributed by atoms with Gasteiger partial charge < -0.3 is 24.4 Å². The zero-order valence-electron chi connectivity index (χ0n) is 25.6. The summed E-state index contributed by atoms with van der Waals surface area (Å²) < 4.78 is 16.8. The van der Waals surface area contributed by atoms with Crippen LogP contribution in [0.1, 0.15) is 62.3 Å². The van der Waals surface area contributed by atoms with Gasteiger partial charge in [0.2, 0.25) is 6.10 Å². The molecule has 232 valence electrons. The molecule has 1 saturated heterocycles. The lowest BCUT2D eigenvalue weighted by molar-refractivity contribution is -0.193. The van der Waals surface area contributed by atoms with Crippen LogP contribution in [0.3, 0.4) is 0 Å². The smallest absolute Gasteiger partial charge is 0.410 e. The van der Waals surface area contributed by atoms with E-state index >= 15 is 0 Å². The number of ether oxygens (including phenoxy) is 3. The van der Waals surface area contributed by atoms with E-state index in [0.717, 1.165) is 10.8 Å². The van der Waals surface area contributed by atoms with Gasteiger partial charge in [-0.25, -0.2) is 19.4 Å². The third-order valence-electron chi connectivity index (χ3n) is 6.67. The largest absolute Gasteiger partial charge is 0.490 e. The van der Waals surface area contributed by atoms with Crippen molar-refractivity contribution in [1.29, 1.82) is 0 Å². The summed E-state index contributed by atoms with van der Waals surface area (Å²) in [5, 5.41) is 5.61. The van der Waals surface area contributed by atoms with Gasteiger partial charge in [-0.2, -0.15) is 0 Å². The normalized spacial score (nSPS) is 16.0. The van der Waals surface area contributed by atoms with Crippen LogP contribution in [0.4, 0.5) is 10.6 Å². The number of anilines is 1. The molecule has 3 heterocycles. The van der Waals surface area contributed by atoms with Gasteiger partial charge >= 0.3 is 12.1 Å². The van der Waals surface area contributed by atoms with E-state index in [1.807, 2.05) is 32.9 Å². The van der Waals surface area contributed by atoms with Gasteiger partial charge in [0.1, 0.15) is 29.4 Å². The Hall–Kier alpha value is -4.71. The standard InChI is InChI=1S/C32H36N4O8/c1-31(2,3)42-29(39)25(44-36-27(37)23-9-7-8-10-24(23)28(36)38)18-41-21-11-12-22-19(15-21)13-14-33-26(22)34-20-16-35(17-20)30(40)43-32(4,5)6/h7-15,20,25H,16-18H2,1-6H3,(H,33,34)/t25-/m0/s1. The molecule has 1 aromatic heterocycles. The monoisotopic (exact) mass is 604 g/mol. The average Bonchev–Trinajstić information content (AvgIpc) is 3.15. The molecule has 12 nitrogen and oxygen atoms in total. The molecular weight excluding hydrogens is 568 g/mol. The van der Waals surface area contributed by atoms with Crippen molar-refractivity contribution < 1.29 is 38.2 Å². The molecule has 2 aromatic carbocycles. The molecule has 44 heavy (non-hydrogen) atoms. The van der Waals surface area contributed by atoms with E-state index in [-0.39, 0.29) is 29.9 Å². The third kappa shape index (κ3) is 6.91. The molecule has 3 aromatic rings. The van der Waals surface area contributed by atoms with Gasteiger partial charge in [0.05, 0.1) is 17.2 Å². The number of hydrogen-bond acceptors (Lipinski definition) is 10. The molecular formula is C32H36N4O8. The highest BCUT2D eigenvalue weighted by Crippen LogP contribution is 2.29. The number of esters is 1. The van der Waals surface area contributed by atoms with Crippen molar-refractivity contribution in [2.24, 2.45) is 0 Å². The minimum absolute atomic E-state index is 0.0189. The number of nitrogens with one attached hydrogen (secondary N) is 1. The zero-order valence-corrected chi connectivity index (χ0v) is 25.6. The molecule has 5 rings (SSSR count). The Balaban J connectivity index is 1.26. The lowest BCUT2D eigenvalue weighted by Crippen LogP contribution is -2.58. The first-order valence-electron chi connectivity index (χ1n) is 14.3. The van der Waals surface area contributed by atoms with Crippen molar-refractivity contribution in [3.05, 3.63) is 65.9 Å². The van der Waals surface area contributed by atoms with Crippen LogP contribution < -0.4 is 10.1 Å². The molecule has 0 bridgehead atoms. The molecule has 0 saturated carbocycles. The Morgan fingerprint density at radius 2 is 1.57 bits per heavy atom. The van der Waals surface area contributed by atoms with Crippen molar-refractivity contribution in [3.63, 3.8) is 0 Å². The Morgan fingerprint density at radius 1 is 0.932 bits per heavy atom. The predicted octanol–water partition coefficient (Wildman–Crippen LogP) is 4.58. The fourth-order valence-corrected chi connectivity index (χ4v) is 4.67. The van der Waals surface area contributed by atoms with E-state index in [1.54, 1.807) is 56.1 Å². The molecule has 1 atom stereocenters. The van der Waals surface area contributed by atoms with Crippen LogP contribution >= 0.6 is 0 Å². The first-order chi connectivity index (χ1) is 20.7. The van der Waals surface area contributed by atoms with Gasteiger partial charge in [-0.05, 0) is 83.3 Å². The van der Waals surface area contributed by atoms with Crippen LogP contribution in [0.2, 0.25) is 0 Å². The minimum atomic E-state index is -1.41. The van der Waals surface area contributed by atoms with Crippen LogP contribution in [-0.2, 0) is 19.1 Å². The van der Waals surface area contributed by atoms with Gasteiger partial charge in [0.25, 0.3) is 11.8 Å². The fraction of sp³-hybridized carbons (Fsp3) is 0.406. The summed E-state index contributed by atoms with van der Waals surface area (Å²) in [4.78, 5) is 62.8. The Kier molecular flexibility index (Phi) is 8.21. The van der Waals surface area contributed by atoms with Gasteiger partial charge in [0, 0.05) is 24.7 Å². The number of aromatic nitrogens is 1. The molecule has 2 aliphatic rings. The van der Waals surface area contributed by atoms with Crippen LogP contribution in [0.25, 0.3) is 10.8 Å². The maximum atomic E-state index is 13.1. The summed E-state index contributed by atoms with van der Waals surface area (Å²) in [5.74, 6) is -1.04. The van der Waals surface area contributed by atoms with Crippen molar-refractivity contribution in [3.8, 4) is 5.75 Å². The summed E-state index contributed by atoms with van der Waals surface area (Å²) >= 11 is 0. The van der Waals surface area contributed by atoms with E-state index in [1.165, 1.54) is 12.1 Å². The van der Waals surface area contributed by atoms with Gasteiger partial charge in [-0.1, -0.05) is 12.1 Å². The number of hydroxylamine groups is 2. The summed E-state index contributed by atoms with van der Waals surface area (Å²) in [6.07, 6.45) is -0.0959. The zero-order chi connectivity index (χ0) is 31.8. The molecule has 1 fully saturated rings. The van der Waals surface area contributed by atoms with Gasteiger partial charge in [0.15, 0.2) is 0 Å². The lowest BCUT2D eigenvalue weighted by Gasteiger charge is -2.40. The predicted molar refractivity (Wildman–Crippen MR) is 160 cm³/mol. The number of carbonyl (C=O) groups is 4. The number of hydrogen-bond donors (Lipinski definition) is 1. The molecule has 0 aliphatic carbocycles. The highest BCUT2D eigenvalue weighted by molar-refractivity contribution is 6.20. The Labute approximate surface area is 255 Å². The number of pyridine rings is 1. The Morgan fingerprint density at radius 3 is 2.18 bits per heavy atom. The topological polar surface area (TPSA) is 137 Å². The molecule has 0 radical (unpaired) electrons. The first kappa shape index (κ1) is 30.7. The summed E-state index contributed by atoms with van der Waals surface area (Å²) in [5.41, 5.74) is -1.02. The van der Waals surface area contributed by atoms with E-state index < -0.39 is 35.1 Å². The van der Waals surface area contributed by atoms with Crippen molar-refractivity contribution in [2.75, 3.05) is 25.0 Å². The molecule has 0 spiro atoms. The van der Waals surface area contributed by atoms with Crippen molar-refractivity contribution >= 4 is 40.5 Å². The van der Waals surface area contributed by atoms with E-state index in [9.17, 15) is 19.2 Å². The summed E-state index contributed by atoms with van der Waals surface area (Å²) in [6.45, 7) is 11.3. The molecule has 1 N–H and O–H groups in total. The van der Waals surface area contributed by atoms with Crippen LogP contribution in [-0.4, -0.2) is 81.9 Å². The average molecular weight is 605 g/mol. The molecule has 2 aliphatic heterocycles. The number of imide groups is 1. The van der Waals surface area contributed by atoms with E-state index in [0.29, 0.717) is 29.7 Å². The van der Waals surface area contributed by atoms with Crippen molar-refractivity contribution in [1.82, 2.24) is 14.9 Å². The fourth-order valence-electron chi connectivity index (χ4n) is 4.67. The number of benzene rings is 2. The highest BCUT2D eigenvalue weighted by atomic mass is 16.7. The maximum Gasteiger partial charge on any atom is 0.410 e.